The first-order valence-electron chi connectivity index (χ1n) is 6.44. The second-order valence-corrected chi connectivity index (χ2v) is 6.65. The molecule has 1 heterocycles. The van der Waals surface area contributed by atoms with Crippen molar-refractivity contribution in [3.63, 3.8) is 0 Å². The highest BCUT2D eigenvalue weighted by Gasteiger charge is 2.31. The lowest BCUT2D eigenvalue weighted by molar-refractivity contribution is 0.186. The zero-order chi connectivity index (χ0) is 13.9. The van der Waals surface area contributed by atoms with Gasteiger partial charge in [-0.15, -0.1) is 0 Å². The van der Waals surface area contributed by atoms with Crippen molar-refractivity contribution in [2.45, 2.75) is 36.6 Å². The molecule has 0 bridgehead atoms. The number of aliphatic hydroxyl groups excluding tert-OH is 1. The van der Waals surface area contributed by atoms with Gasteiger partial charge in [-0.2, -0.15) is 4.31 Å². The molecule has 0 spiro atoms. The molecule has 1 aromatic rings. The smallest absolute Gasteiger partial charge is 0.243 e. The van der Waals surface area contributed by atoms with E-state index in [1.54, 1.807) is 0 Å². The third-order valence-corrected chi connectivity index (χ3v) is 5.42. The van der Waals surface area contributed by atoms with E-state index in [1.165, 1.54) is 16.4 Å². The minimum Gasteiger partial charge on any atom is -0.395 e. The first kappa shape index (κ1) is 14.4. The van der Waals surface area contributed by atoms with Gasteiger partial charge in [0, 0.05) is 12.6 Å². The van der Waals surface area contributed by atoms with Crippen molar-refractivity contribution in [2.24, 2.45) is 0 Å². The summed E-state index contributed by atoms with van der Waals surface area (Å²) in [6, 6.07) is 4.43. The third-order valence-electron chi connectivity index (χ3n) is 3.45. The van der Waals surface area contributed by atoms with Gasteiger partial charge in [0.1, 0.15) is 5.82 Å². The van der Waals surface area contributed by atoms with Crippen molar-refractivity contribution in [3.8, 4) is 0 Å². The van der Waals surface area contributed by atoms with E-state index in [0.717, 1.165) is 31.4 Å². The zero-order valence-electron chi connectivity index (χ0n) is 10.6. The molecule has 1 aromatic carbocycles. The van der Waals surface area contributed by atoms with Crippen LogP contribution in [0.2, 0.25) is 0 Å². The highest BCUT2D eigenvalue weighted by Crippen LogP contribution is 2.24. The number of halogens is 1. The quantitative estimate of drug-likeness (QED) is 0.921. The topological polar surface area (TPSA) is 57.6 Å². The number of hydrogen-bond acceptors (Lipinski definition) is 3. The Morgan fingerprint density at radius 1 is 1.21 bits per heavy atom. The summed E-state index contributed by atoms with van der Waals surface area (Å²) in [6.45, 7) is 0.228. The van der Waals surface area contributed by atoms with Gasteiger partial charge in [-0.05, 0) is 37.1 Å². The molecule has 1 fully saturated rings. The molecule has 1 saturated heterocycles. The molecule has 19 heavy (non-hydrogen) atoms. The van der Waals surface area contributed by atoms with E-state index in [-0.39, 0.29) is 17.5 Å². The summed E-state index contributed by atoms with van der Waals surface area (Å²) in [6.07, 6.45) is 3.33. The Balaban J connectivity index is 2.33. The van der Waals surface area contributed by atoms with Crippen LogP contribution in [0.4, 0.5) is 4.39 Å². The van der Waals surface area contributed by atoms with E-state index in [2.05, 4.69) is 0 Å². The van der Waals surface area contributed by atoms with Gasteiger partial charge in [-0.1, -0.05) is 12.8 Å². The van der Waals surface area contributed by atoms with Crippen LogP contribution in [0, 0.1) is 5.82 Å². The van der Waals surface area contributed by atoms with Crippen LogP contribution in [0.3, 0.4) is 0 Å². The fraction of sp³-hybridized carbons (Fsp3) is 0.538. The molecule has 0 saturated carbocycles. The summed E-state index contributed by atoms with van der Waals surface area (Å²) < 4.78 is 39.3. The molecule has 1 aliphatic rings. The van der Waals surface area contributed by atoms with Gasteiger partial charge in [0.05, 0.1) is 11.5 Å². The van der Waals surface area contributed by atoms with Crippen LogP contribution in [0.1, 0.15) is 25.7 Å². The molecule has 0 aromatic heterocycles. The van der Waals surface area contributed by atoms with Crippen molar-refractivity contribution < 1.29 is 17.9 Å². The van der Waals surface area contributed by atoms with E-state index >= 15 is 0 Å². The van der Waals surface area contributed by atoms with Crippen LogP contribution in [0.5, 0.6) is 0 Å². The van der Waals surface area contributed by atoms with Gasteiger partial charge in [-0.3, -0.25) is 0 Å². The molecule has 1 N–H and O–H groups in total. The fourth-order valence-corrected chi connectivity index (χ4v) is 4.08. The highest BCUT2D eigenvalue weighted by atomic mass is 32.2. The van der Waals surface area contributed by atoms with Crippen LogP contribution in [0.15, 0.2) is 29.2 Å². The van der Waals surface area contributed by atoms with Crippen molar-refractivity contribution in [1.82, 2.24) is 4.31 Å². The summed E-state index contributed by atoms with van der Waals surface area (Å²) in [4.78, 5) is 0.0780. The van der Waals surface area contributed by atoms with Gasteiger partial charge >= 0.3 is 0 Å². The predicted octanol–water partition coefficient (Wildman–Crippen LogP) is 1.75. The zero-order valence-corrected chi connectivity index (χ0v) is 11.4. The van der Waals surface area contributed by atoms with Crippen LogP contribution in [0.25, 0.3) is 0 Å². The second kappa shape index (κ2) is 5.98. The lowest BCUT2D eigenvalue weighted by atomic mass is 10.1. The number of benzene rings is 1. The first-order chi connectivity index (χ1) is 9.05. The maximum Gasteiger partial charge on any atom is 0.243 e. The summed E-state index contributed by atoms with van der Waals surface area (Å²) in [5.74, 6) is -0.464. The minimum atomic E-state index is -3.66. The van der Waals surface area contributed by atoms with Crippen molar-refractivity contribution in [3.05, 3.63) is 30.1 Å². The number of hydrogen-bond donors (Lipinski definition) is 1. The Hall–Kier alpha value is -0.980. The fourth-order valence-electron chi connectivity index (χ4n) is 2.39. The maximum atomic E-state index is 12.9. The molecular weight excluding hydrogens is 269 g/mol. The first-order valence-corrected chi connectivity index (χ1v) is 7.88. The van der Waals surface area contributed by atoms with Crippen LogP contribution in [-0.2, 0) is 10.0 Å². The third kappa shape index (κ3) is 3.13. The normalized spacial score (nSPS) is 22.1. The second-order valence-electron chi connectivity index (χ2n) is 4.76. The van der Waals surface area contributed by atoms with Crippen molar-refractivity contribution >= 4 is 10.0 Å². The molecule has 1 unspecified atom stereocenters. The Kier molecular flexibility index (Phi) is 4.54. The molecule has 0 aliphatic carbocycles. The van der Waals surface area contributed by atoms with Crippen molar-refractivity contribution in [2.75, 3.05) is 13.2 Å². The average Bonchev–Trinajstić information content (AvgIpc) is 2.64. The van der Waals surface area contributed by atoms with E-state index in [1.807, 2.05) is 0 Å². The molecule has 2 rings (SSSR count). The molecule has 4 nitrogen and oxygen atoms in total. The maximum absolute atomic E-state index is 12.9. The Morgan fingerprint density at radius 2 is 1.89 bits per heavy atom. The molecule has 106 valence electrons. The van der Waals surface area contributed by atoms with Gasteiger partial charge in [0.2, 0.25) is 10.0 Å². The largest absolute Gasteiger partial charge is 0.395 e. The van der Waals surface area contributed by atoms with Gasteiger partial charge in [0.15, 0.2) is 0 Å². The van der Waals surface area contributed by atoms with E-state index in [9.17, 15) is 17.9 Å². The summed E-state index contributed by atoms with van der Waals surface area (Å²) in [5.41, 5.74) is 0. The van der Waals surface area contributed by atoms with Crippen molar-refractivity contribution in [1.29, 1.82) is 0 Å². The number of rotatable bonds is 3. The van der Waals surface area contributed by atoms with Gasteiger partial charge in [0.25, 0.3) is 0 Å². The van der Waals surface area contributed by atoms with E-state index in [4.69, 9.17) is 0 Å². The monoisotopic (exact) mass is 287 g/mol. The lowest BCUT2D eigenvalue weighted by Gasteiger charge is -2.27. The number of aliphatic hydroxyl groups is 1. The average molecular weight is 287 g/mol. The van der Waals surface area contributed by atoms with Crippen LogP contribution >= 0.6 is 0 Å². The number of sulfonamides is 1. The van der Waals surface area contributed by atoms with E-state index < -0.39 is 15.8 Å². The summed E-state index contributed by atoms with van der Waals surface area (Å²) in [7, 11) is -3.66. The highest BCUT2D eigenvalue weighted by molar-refractivity contribution is 7.89. The van der Waals surface area contributed by atoms with Crippen LogP contribution < -0.4 is 0 Å². The van der Waals surface area contributed by atoms with E-state index in [0.29, 0.717) is 13.0 Å². The SMILES string of the molecule is O=S(=O)(c1ccc(F)cc1)N1CCCCCC1CO. The predicted molar refractivity (Wildman–Crippen MR) is 69.6 cm³/mol. The summed E-state index contributed by atoms with van der Waals surface area (Å²) >= 11 is 0. The minimum absolute atomic E-state index is 0.0780. The lowest BCUT2D eigenvalue weighted by Crippen LogP contribution is -2.42. The van der Waals surface area contributed by atoms with Gasteiger partial charge in [-0.25, -0.2) is 12.8 Å². The Labute approximate surface area is 112 Å². The molecule has 6 heteroatoms. The molecule has 1 aliphatic heterocycles. The number of nitrogens with zero attached hydrogens (tertiary/aromatic N) is 1. The molecule has 1 atom stereocenters. The van der Waals surface area contributed by atoms with Gasteiger partial charge < -0.3 is 5.11 Å². The summed E-state index contributed by atoms with van der Waals surface area (Å²) in [5, 5.41) is 9.37. The Morgan fingerprint density at radius 3 is 2.53 bits per heavy atom. The molecule has 0 amide bonds. The standard InChI is InChI=1S/C13H18FNO3S/c14-11-5-7-13(8-6-11)19(17,18)15-9-3-1-2-4-12(15)10-16/h5-8,12,16H,1-4,9-10H2. The Bertz CT molecular complexity index is 515. The molecular formula is C13H18FNO3S. The van der Waals surface area contributed by atoms with Crippen LogP contribution in [-0.4, -0.2) is 37.0 Å². The molecule has 0 radical (unpaired) electrons.